The molecule has 3 aliphatic rings. The van der Waals surface area contributed by atoms with Gasteiger partial charge < -0.3 is 4.57 Å². The molecule has 0 aliphatic heterocycles. The van der Waals surface area contributed by atoms with Gasteiger partial charge in [0, 0.05) is 39.3 Å². The van der Waals surface area contributed by atoms with Gasteiger partial charge in [-0.05, 0) is 95.6 Å². The van der Waals surface area contributed by atoms with Crippen LogP contribution in [-0.2, 0) is 0 Å². The maximum Gasteiger partial charge on any atom is 0.179 e. The molecule has 76 heavy (non-hydrogen) atoms. The van der Waals surface area contributed by atoms with Gasteiger partial charge in [-0.15, -0.1) is 0 Å². The molecule has 13 aromatic rings. The standard InChI is InChI=1S/C72H49N3Si/c1-5-24-48(25-6-1)62-47-63(59-38-17-20-44-66(59)75-64-42-18-15-34-55(64)56-35-16-19-43-65(56)75)74-72(73-62)50-27-21-26-49(46-50)54-39-22-40-60-68-57-36-13-14-37-58(57)71(69(54)60)70-61(68)41-23-45-67(70)76(51-28-7-2-8-29-51,52-30-9-3-10-31-52)53-32-11-4-12-33-53/h1-47,68,71H. The van der Waals surface area contributed by atoms with E-state index in [1.165, 1.54) is 70.5 Å². The number of fused-ring (bicyclic) bond motifs is 3. The highest BCUT2D eigenvalue weighted by Gasteiger charge is 2.49. The van der Waals surface area contributed by atoms with E-state index in [1.807, 2.05) is 0 Å². The summed E-state index contributed by atoms with van der Waals surface area (Å²) in [4.78, 5) is 11.0. The predicted octanol–water partition coefficient (Wildman–Crippen LogP) is 14.6. The normalized spacial score (nSPS) is 14.3. The minimum Gasteiger partial charge on any atom is -0.309 e. The average molecular weight is 984 g/mol. The van der Waals surface area contributed by atoms with Crippen LogP contribution in [0.15, 0.2) is 285 Å². The Labute approximate surface area is 443 Å². The molecule has 0 N–H and O–H groups in total. The smallest absolute Gasteiger partial charge is 0.179 e. The number of nitrogens with zero attached hydrogens (tertiary/aromatic N) is 3. The van der Waals surface area contributed by atoms with Crippen LogP contribution in [0.3, 0.4) is 0 Å². The summed E-state index contributed by atoms with van der Waals surface area (Å²) in [5.74, 6) is 0.752. The van der Waals surface area contributed by atoms with Crippen molar-refractivity contribution in [1.29, 1.82) is 0 Å². The van der Waals surface area contributed by atoms with E-state index in [1.54, 1.807) is 0 Å². The summed E-state index contributed by atoms with van der Waals surface area (Å²) in [5, 5.41) is 8.04. The fraction of sp³-hybridized carbons (Fsp3) is 0.0278. The SMILES string of the molecule is c1ccc(-c2cc(-c3ccccc3-n3c4ccccc4c4ccccc43)nc(-c3cccc(-c4cccc5c4C4c6ccccc6C5c5cccc([Si](c6ccccc6)(c6ccccc6)c6ccccc6)c54)c3)n2)cc1. The van der Waals surface area contributed by atoms with Crippen LogP contribution in [0.4, 0.5) is 0 Å². The number of aromatic nitrogens is 3. The summed E-state index contributed by atoms with van der Waals surface area (Å²) < 4.78 is 2.39. The maximum atomic E-state index is 5.56. The Morgan fingerprint density at radius 1 is 0.316 bits per heavy atom. The first-order chi connectivity index (χ1) is 37.7. The first-order valence-electron chi connectivity index (χ1n) is 26.4. The van der Waals surface area contributed by atoms with Gasteiger partial charge in [0.15, 0.2) is 13.9 Å². The van der Waals surface area contributed by atoms with E-state index in [9.17, 15) is 0 Å². The second-order valence-corrected chi connectivity index (χ2v) is 24.0. The van der Waals surface area contributed by atoms with Crippen molar-refractivity contribution in [3.63, 3.8) is 0 Å². The molecule has 2 heterocycles. The summed E-state index contributed by atoms with van der Waals surface area (Å²) in [5.41, 5.74) is 19.0. The molecule has 2 unspecified atom stereocenters. The topological polar surface area (TPSA) is 30.7 Å². The first-order valence-corrected chi connectivity index (χ1v) is 28.4. The summed E-state index contributed by atoms with van der Waals surface area (Å²) >= 11 is 0. The average Bonchev–Trinajstić information content (AvgIpc) is 3.90. The first kappa shape index (κ1) is 44.0. The van der Waals surface area contributed by atoms with Crippen LogP contribution in [0, 0.1) is 0 Å². The predicted molar refractivity (Wildman–Crippen MR) is 317 cm³/mol. The van der Waals surface area contributed by atoms with Gasteiger partial charge in [0.1, 0.15) is 0 Å². The summed E-state index contributed by atoms with van der Waals surface area (Å²) in [6, 6.07) is 105. The van der Waals surface area contributed by atoms with Gasteiger partial charge in [-0.1, -0.05) is 255 Å². The minimum atomic E-state index is -2.94. The van der Waals surface area contributed by atoms with Crippen LogP contribution in [0.5, 0.6) is 0 Å². The molecule has 11 aromatic carbocycles. The Morgan fingerprint density at radius 2 is 0.776 bits per heavy atom. The summed E-state index contributed by atoms with van der Waals surface area (Å²) in [7, 11) is -2.94. The van der Waals surface area contributed by atoms with Crippen molar-refractivity contribution in [3.8, 4) is 50.7 Å². The second kappa shape index (κ2) is 17.9. The molecule has 0 saturated heterocycles. The van der Waals surface area contributed by atoms with Gasteiger partial charge in [0.25, 0.3) is 0 Å². The second-order valence-electron chi connectivity index (χ2n) is 20.3. The van der Waals surface area contributed by atoms with Crippen LogP contribution in [-0.4, -0.2) is 22.6 Å². The molecule has 2 atom stereocenters. The highest BCUT2D eigenvalue weighted by Crippen LogP contribution is 2.57. The Bertz CT molecular complexity index is 4210. The van der Waals surface area contributed by atoms with Gasteiger partial charge in [-0.2, -0.15) is 0 Å². The molecular weight excluding hydrogens is 935 g/mol. The van der Waals surface area contributed by atoms with Crippen LogP contribution in [0.2, 0.25) is 0 Å². The highest BCUT2D eigenvalue weighted by molar-refractivity contribution is 7.20. The van der Waals surface area contributed by atoms with Crippen molar-refractivity contribution in [1.82, 2.24) is 14.5 Å². The lowest BCUT2D eigenvalue weighted by atomic mass is 9.60. The third-order valence-electron chi connectivity index (χ3n) is 16.3. The van der Waals surface area contributed by atoms with Gasteiger partial charge in [-0.3, -0.25) is 0 Å². The Balaban J connectivity index is 0.932. The van der Waals surface area contributed by atoms with E-state index in [0.717, 1.165) is 50.4 Å². The number of para-hydroxylation sites is 3. The molecule has 0 saturated carbocycles. The van der Waals surface area contributed by atoms with Crippen LogP contribution >= 0.6 is 0 Å². The Morgan fingerprint density at radius 3 is 1.43 bits per heavy atom. The third-order valence-corrected chi connectivity index (χ3v) is 21.2. The van der Waals surface area contributed by atoms with E-state index in [4.69, 9.17) is 9.97 Å². The van der Waals surface area contributed by atoms with Gasteiger partial charge in [-0.25, -0.2) is 9.97 Å². The lowest BCUT2D eigenvalue weighted by Gasteiger charge is -2.47. The molecule has 2 bridgehead atoms. The fourth-order valence-electron chi connectivity index (χ4n) is 13.3. The molecule has 356 valence electrons. The maximum absolute atomic E-state index is 5.56. The molecule has 4 heteroatoms. The van der Waals surface area contributed by atoms with Crippen LogP contribution in [0.25, 0.3) is 72.5 Å². The van der Waals surface area contributed by atoms with E-state index in [0.29, 0.717) is 5.82 Å². The largest absolute Gasteiger partial charge is 0.309 e. The van der Waals surface area contributed by atoms with Crippen LogP contribution in [0.1, 0.15) is 45.2 Å². The molecule has 0 spiro atoms. The van der Waals surface area contributed by atoms with Gasteiger partial charge >= 0.3 is 0 Å². The molecule has 3 aliphatic carbocycles. The van der Waals surface area contributed by atoms with E-state index in [-0.39, 0.29) is 11.8 Å². The lowest BCUT2D eigenvalue weighted by molar-refractivity contribution is 0.760. The zero-order valence-corrected chi connectivity index (χ0v) is 42.6. The number of hydrogen-bond donors (Lipinski definition) is 0. The van der Waals surface area contributed by atoms with E-state index >= 15 is 0 Å². The van der Waals surface area contributed by atoms with Gasteiger partial charge in [0.2, 0.25) is 0 Å². The summed E-state index contributed by atoms with van der Waals surface area (Å²) in [6.45, 7) is 0. The Hall–Kier alpha value is -9.48. The highest BCUT2D eigenvalue weighted by atomic mass is 28.3. The molecule has 0 amide bonds. The van der Waals surface area contributed by atoms with Gasteiger partial charge in [0.05, 0.1) is 28.1 Å². The molecule has 0 fully saturated rings. The quantitative estimate of drug-likeness (QED) is 0.107. The number of rotatable bonds is 9. The fourth-order valence-corrected chi connectivity index (χ4v) is 18.3. The van der Waals surface area contributed by atoms with Crippen molar-refractivity contribution in [2.45, 2.75) is 11.8 Å². The lowest BCUT2D eigenvalue weighted by Crippen LogP contribution is -2.75. The third kappa shape index (κ3) is 6.74. The molecule has 16 rings (SSSR count). The molecular formula is C72H49N3Si. The van der Waals surface area contributed by atoms with Crippen molar-refractivity contribution in [3.05, 3.63) is 318 Å². The number of hydrogen-bond acceptors (Lipinski definition) is 2. The zero-order valence-electron chi connectivity index (χ0n) is 41.6. The molecule has 0 radical (unpaired) electrons. The zero-order chi connectivity index (χ0) is 50.2. The summed E-state index contributed by atoms with van der Waals surface area (Å²) in [6.07, 6.45) is 0. The van der Waals surface area contributed by atoms with E-state index in [2.05, 4.69) is 290 Å². The molecule has 2 aromatic heterocycles. The van der Waals surface area contributed by atoms with Crippen molar-refractivity contribution >= 4 is 50.6 Å². The van der Waals surface area contributed by atoms with Crippen molar-refractivity contribution in [2.75, 3.05) is 0 Å². The van der Waals surface area contributed by atoms with Crippen LogP contribution < -0.4 is 20.7 Å². The molecule has 3 nitrogen and oxygen atoms in total. The van der Waals surface area contributed by atoms with E-state index < -0.39 is 8.07 Å². The monoisotopic (exact) mass is 983 g/mol. The van der Waals surface area contributed by atoms with Crippen molar-refractivity contribution in [2.24, 2.45) is 0 Å². The van der Waals surface area contributed by atoms with Crippen molar-refractivity contribution < 1.29 is 0 Å². The Kier molecular flexibility index (Phi) is 10.4. The number of benzene rings is 11. The minimum absolute atomic E-state index is 0.00752.